The van der Waals surface area contributed by atoms with Crippen molar-refractivity contribution in [2.24, 2.45) is 0 Å². The van der Waals surface area contributed by atoms with Crippen molar-refractivity contribution >= 4 is 0 Å². The maximum atomic E-state index is 6.15. The molecule has 5 atom stereocenters. The van der Waals surface area contributed by atoms with Gasteiger partial charge in [0.05, 0.1) is 5.54 Å². The number of ether oxygens (including phenoxy) is 2. The van der Waals surface area contributed by atoms with Gasteiger partial charge in [-0.05, 0) is 33.2 Å². The Labute approximate surface area is 96.4 Å². The maximum Gasteiger partial charge on any atom is 0.164 e. The maximum absolute atomic E-state index is 6.15. The Balaban J connectivity index is 1.71. The van der Waals surface area contributed by atoms with E-state index in [9.17, 15) is 0 Å². The van der Waals surface area contributed by atoms with Gasteiger partial charge in [-0.25, -0.2) is 0 Å². The summed E-state index contributed by atoms with van der Waals surface area (Å²) in [6.07, 6.45) is 8.96. The third-order valence-corrected chi connectivity index (χ3v) is 4.65. The Morgan fingerprint density at radius 2 is 2.06 bits per heavy atom. The first-order chi connectivity index (χ1) is 7.63. The highest BCUT2D eigenvalue weighted by Crippen LogP contribution is 2.57. The van der Waals surface area contributed by atoms with Gasteiger partial charge < -0.3 is 9.47 Å². The second-order valence-electron chi connectivity index (χ2n) is 5.99. The highest BCUT2D eigenvalue weighted by Gasteiger charge is 2.71. The zero-order chi connectivity index (χ0) is 11.0. The molecule has 3 heteroatoms. The van der Waals surface area contributed by atoms with Gasteiger partial charge in [0.25, 0.3) is 0 Å². The molecule has 5 unspecified atom stereocenters. The normalized spacial score (nSPS) is 56.4. The molecule has 3 nitrogen and oxygen atoms in total. The third-order valence-electron chi connectivity index (χ3n) is 4.65. The summed E-state index contributed by atoms with van der Waals surface area (Å²) in [5.74, 6) is -0.408. The minimum atomic E-state index is -0.408. The second-order valence-corrected chi connectivity index (χ2v) is 5.99. The zero-order valence-electron chi connectivity index (χ0n) is 9.98. The van der Waals surface area contributed by atoms with E-state index in [0.717, 1.165) is 0 Å². The van der Waals surface area contributed by atoms with Crippen LogP contribution in [0.15, 0.2) is 12.2 Å². The molecule has 3 aliphatic heterocycles. The van der Waals surface area contributed by atoms with Crippen molar-refractivity contribution in [3.63, 3.8) is 0 Å². The van der Waals surface area contributed by atoms with Crippen molar-refractivity contribution in [2.45, 2.75) is 62.7 Å². The SMILES string of the molecule is CC1(C)OC2C=CC3N4CCCCC34C2O1. The monoisotopic (exact) mass is 221 g/mol. The van der Waals surface area contributed by atoms with Crippen molar-refractivity contribution < 1.29 is 9.47 Å². The molecule has 3 heterocycles. The molecule has 4 rings (SSSR count). The van der Waals surface area contributed by atoms with E-state index in [1.165, 1.54) is 25.8 Å². The molecule has 16 heavy (non-hydrogen) atoms. The average molecular weight is 221 g/mol. The van der Waals surface area contributed by atoms with Crippen molar-refractivity contribution in [3.8, 4) is 0 Å². The van der Waals surface area contributed by atoms with Crippen LogP contribution in [0.3, 0.4) is 0 Å². The van der Waals surface area contributed by atoms with Crippen LogP contribution in [-0.2, 0) is 9.47 Å². The van der Waals surface area contributed by atoms with Gasteiger partial charge in [-0.1, -0.05) is 18.6 Å². The van der Waals surface area contributed by atoms with E-state index in [2.05, 4.69) is 17.1 Å². The lowest BCUT2D eigenvalue weighted by Crippen LogP contribution is -2.44. The predicted molar refractivity (Wildman–Crippen MR) is 60.0 cm³/mol. The zero-order valence-corrected chi connectivity index (χ0v) is 9.98. The molecule has 3 fully saturated rings. The quantitative estimate of drug-likeness (QED) is 0.459. The van der Waals surface area contributed by atoms with Crippen LogP contribution in [0.2, 0.25) is 0 Å². The lowest BCUT2D eigenvalue weighted by molar-refractivity contribution is -0.148. The molecular formula is C13H19NO2. The van der Waals surface area contributed by atoms with Crippen LogP contribution in [0.5, 0.6) is 0 Å². The highest BCUT2D eigenvalue weighted by atomic mass is 16.8. The number of hydrogen-bond donors (Lipinski definition) is 0. The average Bonchev–Trinajstić information content (AvgIpc) is 2.80. The predicted octanol–water partition coefficient (Wildman–Crippen LogP) is 1.68. The topological polar surface area (TPSA) is 21.5 Å². The molecule has 0 aromatic carbocycles. The van der Waals surface area contributed by atoms with Crippen molar-refractivity contribution in [2.75, 3.05) is 6.54 Å². The lowest BCUT2D eigenvalue weighted by Gasteiger charge is -2.30. The number of hydrogen-bond acceptors (Lipinski definition) is 3. The first-order valence-corrected chi connectivity index (χ1v) is 6.44. The van der Waals surface area contributed by atoms with E-state index in [4.69, 9.17) is 9.47 Å². The molecule has 0 aromatic heterocycles. The Kier molecular flexibility index (Phi) is 1.63. The summed E-state index contributed by atoms with van der Waals surface area (Å²) < 4.78 is 12.1. The number of rotatable bonds is 0. The van der Waals surface area contributed by atoms with Crippen LogP contribution in [-0.4, -0.2) is 41.0 Å². The summed E-state index contributed by atoms with van der Waals surface area (Å²) in [5.41, 5.74) is 0.297. The fourth-order valence-corrected chi connectivity index (χ4v) is 4.04. The summed E-state index contributed by atoms with van der Waals surface area (Å²) in [5, 5.41) is 0. The third kappa shape index (κ3) is 0.998. The van der Waals surface area contributed by atoms with Crippen LogP contribution in [0.1, 0.15) is 33.1 Å². The lowest BCUT2D eigenvalue weighted by atomic mass is 9.84. The van der Waals surface area contributed by atoms with Crippen molar-refractivity contribution in [1.29, 1.82) is 0 Å². The Morgan fingerprint density at radius 1 is 1.19 bits per heavy atom. The highest BCUT2D eigenvalue weighted by molar-refractivity contribution is 5.35. The van der Waals surface area contributed by atoms with Gasteiger partial charge in [0.1, 0.15) is 12.2 Å². The van der Waals surface area contributed by atoms with Crippen molar-refractivity contribution in [1.82, 2.24) is 4.90 Å². The Bertz CT molecular complexity index is 365. The summed E-state index contributed by atoms with van der Waals surface area (Å²) in [4.78, 5) is 2.61. The second kappa shape index (κ2) is 2.71. The van der Waals surface area contributed by atoms with Crippen LogP contribution in [0.25, 0.3) is 0 Å². The molecule has 4 aliphatic rings. The number of piperidine rings is 1. The molecule has 3 saturated heterocycles. The molecule has 0 N–H and O–H groups in total. The molecule has 0 amide bonds. The van der Waals surface area contributed by atoms with Crippen LogP contribution in [0, 0.1) is 0 Å². The fraction of sp³-hybridized carbons (Fsp3) is 0.846. The molecule has 1 spiro atoms. The summed E-state index contributed by atoms with van der Waals surface area (Å²) in [7, 11) is 0. The fourth-order valence-electron chi connectivity index (χ4n) is 4.04. The van der Waals surface area contributed by atoms with Gasteiger partial charge >= 0.3 is 0 Å². The van der Waals surface area contributed by atoms with Gasteiger partial charge in [0.2, 0.25) is 0 Å². The van der Waals surface area contributed by atoms with Crippen LogP contribution < -0.4 is 0 Å². The van der Waals surface area contributed by atoms with Crippen molar-refractivity contribution in [3.05, 3.63) is 12.2 Å². The largest absolute Gasteiger partial charge is 0.342 e. The number of nitrogens with zero attached hydrogens (tertiary/aromatic N) is 1. The van der Waals surface area contributed by atoms with Gasteiger partial charge in [-0.3, -0.25) is 4.90 Å². The van der Waals surface area contributed by atoms with Crippen LogP contribution in [0.4, 0.5) is 0 Å². The van der Waals surface area contributed by atoms with Gasteiger partial charge in [0.15, 0.2) is 5.79 Å². The molecule has 0 aromatic rings. The Hall–Kier alpha value is -0.380. The van der Waals surface area contributed by atoms with E-state index < -0.39 is 5.79 Å². The van der Waals surface area contributed by atoms with E-state index in [0.29, 0.717) is 11.6 Å². The molecule has 1 aliphatic carbocycles. The van der Waals surface area contributed by atoms with E-state index in [1.54, 1.807) is 0 Å². The first kappa shape index (κ1) is 9.63. The standard InChI is InChI=1S/C13H19NO2/c1-12(2)15-9-5-6-10-13(11(9)16-12)7-3-4-8-14(10)13/h5-6,9-11H,3-4,7-8H2,1-2H3. The van der Waals surface area contributed by atoms with E-state index in [-0.39, 0.29) is 12.2 Å². The molecule has 0 saturated carbocycles. The van der Waals surface area contributed by atoms with Gasteiger partial charge in [-0.15, -0.1) is 0 Å². The molecule has 0 radical (unpaired) electrons. The van der Waals surface area contributed by atoms with Crippen LogP contribution >= 0.6 is 0 Å². The summed E-state index contributed by atoms with van der Waals surface area (Å²) in [6, 6.07) is 0.633. The van der Waals surface area contributed by atoms with Gasteiger partial charge in [-0.2, -0.15) is 0 Å². The molecule has 0 bridgehead atoms. The van der Waals surface area contributed by atoms with E-state index in [1.807, 2.05) is 13.8 Å². The smallest absolute Gasteiger partial charge is 0.164 e. The summed E-state index contributed by atoms with van der Waals surface area (Å²) in [6.45, 7) is 5.29. The Morgan fingerprint density at radius 3 is 2.94 bits per heavy atom. The minimum absolute atomic E-state index is 0.175. The molecule has 88 valence electrons. The minimum Gasteiger partial charge on any atom is -0.342 e. The molecular weight excluding hydrogens is 202 g/mol. The van der Waals surface area contributed by atoms with E-state index >= 15 is 0 Å². The first-order valence-electron chi connectivity index (χ1n) is 6.44. The van der Waals surface area contributed by atoms with Gasteiger partial charge in [0, 0.05) is 6.04 Å². The number of fused-ring (bicyclic) bond motifs is 2. The summed E-state index contributed by atoms with van der Waals surface area (Å²) >= 11 is 0.